The number of ether oxygens (including phenoxy) is 1. The Hall–Kier alpha value is -0.570. The van der Waals surface area contributed by atoms with Crippen molar-refractivity contribution in [3.8, 4) is 0 Å². The number of hydrogen-bond acceptors (Lipinski definition) is 3. The van der Waals surface area contributed by atoms with Crippen molar-refractivity contribution in [2.24, 2.45) is 5.41 Å². The number of carbonyl (C=O) groups is 1. The van der Waals surface area contributed by atoms with Gasteiger partial charge in [-0.05, 0) is 25.2 Å². The fraction of sp³-hybridized carbons (Fsp3) is 0.923. The summed E-state index contributed by atoms with van der Waals surface area (Å²) in [5.74, 6) is -0.268. The van der Waals surface area contributed by atoms with Crippen LogP contribution in [0.4, 0.5) is 0 Å². The van der Waals surface area contributed by atoms with Crippen molar-refractivity contribution in [1.29, 1.82) is 0 Å². The molecule has 3 heteroatoms. The van der Waals surface area contributed by atoms with Gasteiger partial charge in [0, 0.05) is 6.42 Å². The van der Waals surface area contributed by atoms with E-state index in [1.54, 1.807) is 6.92 Å². The molecule has 1 N–H and O–H groups in total. The number of aliphatic hydroxyl groups is 1. The zero-order valence-electron chi connectivity index (χ0n) is 10.9. The fourth-order valence-corrected chi connectivity index (χ4v) is 2.03. The largest absolute Gasteiger partial charge is 0.462 e. The maximum atomic E-state index is 11.3. The van der Waals surface area contributed by atoms with Crippen LogP contribution in [0.1, 0.15) is 59.8 Å². The third-order valence-corrected chi connectivity index (χ3v) is 3.59. The summed E-state index contributed by atoms with van der Waals surface area (Å²) in [6.45, 7) is 8.32. The van der Waals surface area contributed by atoms with E-state index >= 15 is 0 Å². The lowest BCUT2D eigenvalue weighted by Crippen LogP contribution is -2.41. The highest BCUT2D eigenvalue weighted by molar-refractivity contribution is 5.71. The third kappa shape index (κ3) is 4.12. The maximum absolute atomic E-state index is 11.3. The maximum Gasteiger partial charge on any atom is 0.308 e. The smallest absolute Gasteiger partial charge is 0.308 e. The molecule has 1 aliphatic rings. The first kappa shape index (κ1) is 13.5. The second-order valence-corrected chi connectivity index (χ2v) is 6.05. The van der Waals surface area contributed by atoms with Crippen molar-refractivity contribution >= 4 is 5.97 Å². The number of cyclic esters (lactones) is 1. The van der Waals surface area contributed by atoms with Gasteiger partial charge in [-0.15, -0.1) is 0 Å². The van der Waals surface area contributed by atoms with Crippen LogP contribution >= 0.6 is 0 Å². The summed E-state index contributed by atoms with van der Waals surface area (Å²) < 4.78 is 5.26. The predicted molar refractivity (Wildman–Crippen MR) is 63.0 cm³/mol. The van der Waals surface area contributed by atoms with Crippen molar-refractivity contribution in [3.63, 3.8) is 0 Å². The lowest BCUT2D eigenvalue weighted by Gasteiger charge is -2.34. The van der Waals surface area contributed by atoms with Crippen molar-refractivity contribution in [2.45, 2.75) is 71.5 Å². The molecule has 16 heavy (non-hydrogen) atoms. The molecule has 0 spiro atoms. The van der Waals surface area contributed by atoms with Gasteiger partial charge in [-0.3, -0.25) is 4.79 Å². The summed E-state index contributed by atoms with van der Waals surface area (Å²) >= 11 is 0. The molecule has 1 rings (SSSR count). The number of rotatable bonds is 4. The van der Waals surface area contributed by atoms with E-state index in [1.165, 1.54) is 0 Å². The first-order valence-corrected chi connectivity index (χ1v) is 6.16. The minimum Gasteiger partial charge on any atom is -0.462 e. The van der Waals surface area contributed by atoms with Crippen LogP contribution in [0.25, 0.3) is 0 Å². The summed E-state index contributed by atoms with van der Waals surface area (Å²) in [7, 11) is 0. The van der Waals surface area contributed by atoms with Crippen LogP contribution in [0, 0.1) is 5.41 Å². The molecule has 0 aromatic heterocycles. The number of carbonyl (C=O) groups excluding carboxylic acids is 1. The highest BCUT2D eigenvalue weighted by Gasteiger charge is 2.36. The Bertz CT molecular complexity index is 256. The van der Waals surface area contributed by atoms with Crippen LogP contribution in [0.5, 0.6) is 0 Å². The molecule has 0 aromatic rings. The normalized spacial score (nSPS) is 31.3. The summed E-state index contributed by atoms with van der Waals surface area (Å²) in [4.78, 5) is 11.3. The van der Waals surface area contributed by atoms with E-state index in [1.807, 2.05) is 0 Å². The molecule has 1 fully saturated rings. The van der Waals surface area contributed by atoms with E-state index in [9.17, 15) is 9.90 Å². The number of esters is 1. The van der Waals surface area contributed by atoms with E-state index < -0.39 is 5.60 Å². The molecular formula is C13H24O3. The zero-order chi connectivity index (χ0) is 12.4. The van der Waals surface area contributed by atoms with Crippen LogP contribution < -0.4 is 0 Å². The molecule has 1 heterocycles. The topological polar surface area (TPSA) is 46.5 Å². The van der Waals surface area contributed by atoms with Crippen LogP contribution in [-0.4, -0.2) is 22.8 Å². The van der Waals surface area contributed by atoms with E-state index in [-0.39, 0.29) is 23.9 Å². The van der Waals surface area contributed by atoms with Crippen LogP contribution in [0.15, 0.2) is 0 Å². The van der Waals surface area contributed by atoms with E-state index in [0.717, 1.165) is 19.3 Å². The average Bonchev–Trinajstić information content (AvgIpc) is 2.12. The Morgan fingerprint density at radius 2 is 2.19 bits per heavy atom. The summed E-state index contributed by atoms with van der Waals surface area (Å²) in [6.07, 6.45) is 3.57. The fourth-order valence-electron chi connectivity index (χ4n) is 2.03. The van der Waals surface area contributed by atoms with Crippen LogP contribution in [0.2, 0.25) is 0 Å². The summed E-state index contributed by atoms with van der Waals surface area (Å²) in [6, 6.07) is 0. The van der Waals surface area contributed by atoms with Gasteiger partial charge in [0.15, 0.2) is 0 Å². The first-order chi connectivity index (χ1) is 7.24. The van der Waals surface area contributed by atoms with E-state index in [2.05, 4.69) is 20.8 Å². The Balaban J connectivity index is 2.46. The highest BCUT2D eigenvalue weighted by Crippen LogP contribution is 2.32. The minimum absolute atomic E-state index is 0.109. The van der Waals surface area contributed by atoms with Gasteiger partial charge in [0.05, 0.1) is 12.0 Å². The zero-order valence-corrected chi connectivity index (χ0v) is 10.9. The molecule has 94 valence electrons. The second-order valence-electron chi connectivity index (χ2n) is 6.05. The molecule has 0 aromatic carbocycles. The molecule has 2 unspecified atom stereocenters. The molecule has 0 amide bonds. The Labute approximate surface area is 98.2 Å². The molecule has 1 saturated heterocycles. The molecule has 0 aliphatic carbocycles. The Kier molecular flexibility index (Phi) is 4.00. The molecule has 0 bridgehead atoms. The predicted octanol–water partition coefficient (Wildman–Crippen LogP) is 2.66. The molecule has 0 saturated carbocycles. The quantitative estimate of drug-likeness (QED) is 0.752. The third-order valence-electron chi connectivity index (χ3n) is 3.59. The standard InChI is InChI=1S/C13H24O3/c1-5-12(2,3)7-6-10-8-13(4,15)9-11(14)16-10/h10,15H,5-9H2,1-4H3. The molecule has 2 atom stereocenters. The van der Waals surface area contributed by atoms with Gasteiger partial charge < -0.3 is 9.84 Å². The van der Waals surface area contributed by atoms with Gasteiger partial charge in [-0.2, -0.15) is 0 Å². The van der Waals surface area contributed by atoms with Crippen LogP contribution in [-0.2, 0) is 9.53 Å². The SMILES string of the molecule is CCC(C)(C)CCC1CC(C)(O)CC(=O)O1. The molecular weight excluding hydrogens is 204 g/mol. The van der Waals surface area contributed by atoms with Gasteiger partial charge >= 0.3 is 5.97 Å². The van der Waals surface area contributed by atoms with E-state index in [4.69, 9.17) is 4.74 Å². The van der Waals surface area contributed by atoms with Crippen molar-refractivity contribution < 1.29 is 14.6 Å². The van der Waals surface area contributed by atoms with Gasteiger partial charge in [0.25, 0.3) is 0 Å². The van der Waals surface area contributed by atoms with Crippen molar-refractivity contribution in [1.82, 2.24) is 0 Å². The van der Waals surface area contributed by atoms with Crippen molar-refractivity contribution in [3.05, 3.63) is 0 Å². The molecule has 1 aliphatic heterocycles. The lowest BCUT2D eigenvalue weighted by atomic mass is 9.82. The van der Waals surface area contributed by atoms with E-state index in [0.29, 0.717) is 6.42 Å². The number of hydrogen-bond donors (Lipinski definition) is 1. The second kappa shape index (κ2) is 4.74. The van der Waals surface area contributed by atoms with Gasteiger partial charge in [0.1, 0.15) is 6.10 Å². The Morgan fingerprint density at radius 3 is 2.69 bits per heavy atom. The molecule has 3 nitrogen and oxygen atoms in total. The van der Waals surface area contributed by atoms with Crippen LogP contribution in [0.3, 0.4) is 0 Å². The average molecular weight is 228 g/mol. The summed E-state index contributed by atoms with van der Waals surface area (Å²) in [5.41, 5.74) is -0.591. The first-order valence-electron chi connectivity index (χ1n) is 6.16. The van der Waals surface area contributed by atoms with Gasteiger partial charge in [-0.1, -0.05) is 27.2 Å². The minimum atomic E-state index is -0.879. The summed E-state index contributed by atoms with van der Waals surface area (Å²) in [5, 5.41) is 9.90. The van der Waals surface area contributed by atoms with Gasteiger partial charge in [0.2, 0.25) is 0 Å². The Morgan fingerprint density at radius 1 is 1.56 bits per heavy atom. The monoisotopic (exact) mass is 228 g/mol. The highest BCUT2D eigenvalue weighted by atomic mass is 16.5. The van der Waals surface area contributed by atoms with Gasteiger partial charge in [-0.25, -0.2) is 0 Å². The van der Waals surface area contributed by atoms with Crippen molar-refractivity contribution in [2.75, 3.05) is 0 Å². The molecule has 0 radical (unpaired) electrons. The lowest BCUT2D eigenvalue weighted by molar-refractivity contribution is -0.169.